The smallest absolute Gasteiger partial charge is 0.123 e. The van der Waals surface area contributed by atoms with Crippen molar-refractivity contribution < 1.29 is 4.39 Å². The number of rotatable bonds is 5. The number of aryl methyl sites for hydroxylation is 3. The molecule has 0 saturated heterocycles. The van der Waals surface area contributed by atoms with Crippen molar-refractivity contribution in [2.24, 2.45) is 5.73 Å². The monoisotopic (exact) mass is 271 g/mol. The van der Waals surface area contributed by atoms with Gasteiger partial charge in [-0.05, 0) is 61.9 Å². The summed E-state index contributed by atoms with van der Waals surface area (Å²) in [4.78, 5) is 0. The summed E-state index contributed by atoms with van der Waals surface area (Å²) >= 11 is 0. The van der Waals surface area contributed by atoms with Crippen LogP contribution in [0.15, 0.2) is 42.5 Å². The van der Waals surface area contributed by atoms with E-state index in [1.165, 1.54) is 17.2 Å². The molecular weight excluding hydrogens is 249 g/mol. The highest BCUT2D eigenvalue weighted by Gasteiger charge is 2.08. The number of halogens is 1. The van der Waals surface area contributed by atoms with Crippen molar-refractivity contribution in [2.45, 2.75) is 39.2 Å². The van der Waals surface area contributed by atoms with Crippen molar-refractivity contribution in [3.05, 3.63) is 70.5 Å². The Balaban J connectivity index is 1.92. The van der Waals surface area contributed by atoms with Gasteiger partial charge in [0.05, 0.1) is 0 Å². The predicted octanol–water partition coefficient (Wildman–Crippen LogP) is 3.95. The third kappa shape index (κ3) is 4.17. The molecule has 1 nitrogen and oxygen atoms in total. The molecule has 0 fully saturated rings. The van der Waals surface area contributed by atoms with Crippen LogP contribution in [0.4, 0.5) is 4.39 Å². The first kappa shape index (κ1) is 14.7. The van der Waals surface area contributed by atoms with Crippen molar-refractivity contribution >= 4 is 0 Å². The number of hydrogen-bond acceptors (Lipinski definition) is 1. The third-order valence-corrected chi connectivity index (χ3v) is 3.68. The van der Waals surface area contributed by atoms with E-state index >= 15 is 0 Å². The van der Waals surface area contributed by atoms with E-state index in [0.717, 1.165) is 30.4 Å². The van der Waals surface area contributed by atoms with Gasteiger partial charge in [0.15, 0.2) is 0 Å². The Bertz CT molecular complexity index is 577. The molecule has 2 aromatic carbocycles. The van der Waals surface area contributed by atoms with Crippen LogP contribution < -0.4 is 5.73 Å². The van der Waals surface area contributed by atoms with Gasteiger partial charge >= 0.3 is 0 Å². The van der Waals surface area contributed by atoms with Crippen LogP contribution in [0.2, 0.25) is 0 Å². The molecule has 0 aromatic heterocycles. The van der Waals surface area contributed by atoms with Crippen molar-refractivity contribution in [1.82, 2.24) is 0 Å². The van der Waals surface area contributed by atoms with Gasteiger partial charge in [-0.15, -0.1) is 0 Å². The molecule has 106 valence electrons. The Morgan fingerprint density at radius 3 is 2.65 bits per heavy atom. The van der Waals surface area contributed by atoms with Crippen molar-refractivity contribution in [2.75, 3.05) is 0 Å². The lowest BCUT2D eigenvalue weighted by atomic mass is 9.96. The van der Waals surface area contributed by atoms with E-state index < -0.39 is 0 Å². The van der Waals surface area contributed by atoms with Gasteiger partial charge in [-0.3, -0.25) is 0 Å². The van der Waals surface area contributed by atoms with Crippen LogP contribution in [0, 0.1) is 19.7 Å². The predicted molar refractivity (Wildman–Crippen MR) is 82.3 cm³/mol. The van der Waals surface area contributed by atoms with E-state index in [2.05, 4.69) is 31.2 Å². The van der Waals surface area contributed by atoms with E-state index in [4.69, 9.17) is 5.73 Å². The molecule has 0 aliphatic rings. The topological polar surface area (TPSA) is 26.0 Å². The highest BCUT2D eigenvalue weighted by Crippen LogP contribution is 2.14. The maximum Gasteiger partial charge on any atom is 0.123 e. The highest BCUT2D eigenvalue weighted by atomic mass is 19.1. The van der Waals surface area contributed by atoms with Crippen LogP contribution in [0.5, 0.6) is 0 Å². The number of nitrogens with two attached hydrogens (primary N) is 1. The molecule has 20 heavy (non-hydrogen) atoms. The van der Waals surface area contributed by atoms with Crippen LogP contribution in [-0.4, -0.2) is 6.04 Å². The zero-order chi connectivity index (χ0) is 14.5. The van der Waals surface area contributed by atoms with Gasteiger partial charge < -0.3 is 5.73 Å². The maximum absolute atomic E-state index is 13.3. The van der Waals surface area contributed by atoms with Crippen LogP contribution in [-0.2, 0) is 12.8 Å². The maximum atomic E-state index is 13.3. The summed E-state index contributed by atoms with van der Waals surface area (Å²) in [5.74, 6) is -0.184. The van der Waals surface area contributed by atoms with Gasteiger partial charge in [-0.2, -0.15) is 0 Å². The largest absolute Gasteiger partial charge is 0.327 e. The lowest BCUT2D eigenvalue weighted by Gasteiger charge is -2.14. The van der Waals surface area contributed by atoms with E-state index in [1.54, 1.807) is 6.07 Å². The summed E-state index contributed by atoms with van der Waals surface area (Å²) in [6.45, 7) is 4.10. The summed E-state index contributed by atoms with van der Waals surface area (Å²) in [5, 5.41) is 0. The average Bonchev–Trinajstić information content (AvgIpc) is 2.41. The van der Waals surface area contributed by atoms with Gasteiger partial charge in [-0.1, -0.05) is 35.9 Å². The lowest BCUT2D eigenvalue weighted by Crippen LogP contribution is -2.24. The Kier molecular flexibility index (Phi) is 4.91. The minimum absolute atomic E-state index is 0.0658. The van der Waals surface area contributed by atoms with E-state index in [9.17, 15) is 4.39 Å². The molecule has 0 radical (unpaired) electrons. The number of benzene rings is 2. The second-order valence-electron chi connectivity index (χ2n) is 5.56. The van der Waals surface area contributed by atoms with E-state index in [-0.39, 0.29) is 11.9 Å². The molecular formula is C18H22FN. The van der Waals surface area contributed by atoms with Gasteiger partial charge in [0.25, 0.3) is 0 Å². The Labute approximate surface area is 120 Å². The Hall–Kier alpha value is -1.67. The molecule has 0 heterocycles. The summed E-state index contributed by atoms with van der Waals surface area (Å²) in [7, 11) is 0. The normalized spacial score (nSPS) is 12.4. The molecule has 0 spiro atoms. The molecule has 0 saturated carbocycles. The van der Waals surface area contributed by atoms with Crippen LogP contribution in [0.3, 0.4) is 0 Å². The number of hydrogen-bond donors (Lipinski definition) is 1. The second-order valence-corrected chi connectivity index (χ2v) is 5.56. The van der Waals surface area contributed by atoms with Crippen molar-refractivity contribution in [1.29, 1.82) is 0 Å². The molecule has 2 heteroatoms. The minimum atomic E-state index is -0.184. The minimum Gasteiger partial charge on any atom is -0.327 e. The lowest BCUT2D eigenvalue weighted by molar-refractivity contribution is 0.597. The SMILES string of the molecule is Cc1cccc(CCC(N)Cc2cc(F)ccc2C)c1. The fourth-order valence-corrected chi connectivity index (χ4v) is 2.46. The molecule has 0 bridgehead atoms. The Morgan fingerprint density at radius 1 is 1.10 bits per heavy atom. The van der Waals surface area contributed by atoms with Gasteiger partial charge in [0.2, 0.25) is 0 Å². The van der Waals surface area contributed by atoms with Gasteiger partial charge in [0.1, 0.15) is 5.82 Å². The zero-order valence-electron chi connectivity index (χ0n) is 12.2. The first-order valence-corrected chi connectivity index (χ1v) is 7.11. The van der Waals surface area contributed by atoms with Crippen LogP contribution in [0.25, 0.3) is 0 Å². The molecule has 0 aliphatic carbocycles. The van der Waals surface area contributed by atoms with Crippen molar-refractivity contribution in [3.63, 3.8) is 0 Å². The fraction of sp³-hybridized carbons (Fsp3) is 0.333. The van der Waals surface area contributed by atoms with E-state index in [1.807, 2.05) is 13.0 Å². The average molecular weight is 271 g/mol. The summed E-state index contributed by atoms with van der Waals surface area (Å²) in [6.07, 6.45) is 2.62. The summed E-state index contributed by atoms with van der Waals surface area (Å²) < 4.78 is 13.3. The fourth-order valence-electron chi connectivity index (χ4n) is 2.46. The van der Waals surface area contributed by atoms with E-state index in [0.29, 0.717) is 0 Å². The molecule has 1 unspecified atom stereocenters. The summed E-state index contributed by atoms with van der Waals surface area (Å²) in [6, 6.07) is 13.5. The van der Waals surface area contributed by atoms with Crippen molar-refractivity contribution in [3.8, 4) is 0 Å². The van der Waals surface area contributed by atoms with Crippen LogP contribution >= 0.6 is 0 Å². The molecule has 0 aliphatic heterocycles. The van der Waals surface area contributed by atoms with Gasteiger partial charge in [0, 0.05) is 6.04 Å². The molecule has 2 aromatic rings. The van der Waals surface area contributed by atoms with Crippen LogP contribution in [0.1, 0.15) is 28.7 Å². The molecule has 2 N–H and O–H groups in total. The second kappa shape index (κ2) is 6.67. The third-order valence-electron chi connectivity index (χ3n) is 3.68. The first-order chi connectivity index (χ1) is 9.54. The molecule has 0 amide bonds. The first-order valence-electron chi connectivity index (χ1n) is 7.11. The Morgan fingerprint density at radius 2 is 1.90 bits per heavy atom. The zero-order valence-corrected chi connectivity index (χ0v) is 12.2. The quantitative estimate of drug-likeness (QED) is 0.875. The molecule has 2 rings (SSSR count). The highest BCUT2D eigenvalue weighted by molar-refractivity contribution is 5.27. The standard InChI is InChI=1S/C18H22FN/c1-13-4-3-5-15(10-13)7-9-18(20)12-16-11-17(19)8-6-14(16)2/h3-6,8,10-11,18H,7,9,12,20H2,1-2H3. The molecule has 1 atom stereocenters. The summed E-state index contributed by atoms with van der Waals surface area (Å²) in [5.41, 5.74) is 10.9. The van der Waals surface area contributed by atoms with Gasteiger partial charge in [-0.25, -0.2) is 4.39 Å².